The number of rotatable bonds is 8. The van der Waals surface area contributed by atoms with Crippen LogP contribution in [0.5, 0.6) is 0 Å². The number of hydrogen-bond acceptors (Lipinski definition) is 3. The van der Waals surface area contributed by atoms with Gasteiger partial charge >= 0.3 is 0 Å². The Balaban J connectivity index is 2.65. The van der Waals surface area contributed by atoms with Crippen LogP contribution in [0.25, 0.3) is 0 Å². The van der Waals surface area contributed by atoms with Crippen LogP contribution in [-0.2, 0) is 4.79 Å². The van der Waals surface area contributed by atoms with Gasteiger partial charge in [-0.1, -0.05) is 26.0 Å². The highest BCUT2D eigenvalue weighted by Gasteiger charge is 2.16. The Morgan fingerprint density at radius 3 is 2.57 bits per heavy atom. The average Bonchev–Trinajstić information content (AvgIpc) is 2.47. The van der Waals surface area contributed by atoms with Gasteiger partial charge in [-0.25, -0.2) is 0 Å². The fourth-order valence-corrected chi connectivity index (χ4v) is 2.95. The molecule has 0 heterocycles. The number of benzene rings is 1. The number of amides is 1. The minimum Gasteiger partial charge on any atom is -0.353 e. The van der Waals surface area contributed by atoms with Gasteiger partial charge in [-0.2, -0.15) is 0 Å². The fourth-order valence-electron chi connectivity index (χ4n) is 2.00. The SMILES string of the molecule is CCNC(C)c1cccc(SC(C)C(=O)NC(C)CC)c1. The first-order valence-electron chi connectivity index (χ1n) is 7.78. The Bertz CT molecular complexity index is 450. The summed E-state index contributed by atoms with van der Waals surface area (Å²) >= 11 is 1.61. The lowest BCUT2D eigenvalue weighted by Gasteiger charge is -2.17. The van der Waals surface area contributed by atoms with Crippen LogP contribution in [0.4, 0.5) is 0 Å². The van der Waals surface area contributed by atoms with Crippen LogP contribution in [0.2, 0.25) is 0 Å². The van der Waals surface area contributed by atoms with Crippen molar-refractivity contribution in [3.05, 3.63) is 29.8 Å². The maximum atomic E-state index is 12.1. The Morgan fingerprint density at radius 2 is 1.95 bits per heavy atom. The molecule has 0 spiro atoms. The minimum absolute atomic E-state index is 0.0799. The van der Waals surface area contributed by atoms with Crippen LogP contribution < -0.4 is 10.6 Å². The second-order valence-corrected chi connectivity index (χ2v) is 6.84. The van der Waals surface area contributed by atoms with Crippen molar-refractivity contribution >= 4 is 17.7 Å². The predicted molar refractivity (Wildman–Crippen MR) is 91.7 cm³/mol. The van der Waals surface area contributed by atoms with E-state index in [-0.39, 0.29) is 17.2 Å². The van der Waals surface area contributed by atoms with Crippen LogP contribution in [0.3, 0.4) is 0 Å². The molecule has 0 fully saturated rings. The molecule has 0 radical (unpaired) electrons. The molecule has 1 aromatic carbocycles. The number of nitrogens with one attached hydrogen (secondary N) is 2. The smallest absolute Gasteiger partial charge is 0.233 e. The standard InChI is InChI=1S/C17H28N2OS/c1-6-12(3)19-17(20)14(5)21-16-10-8-9-15(11-16)13(4)18-7-2/h8-14,18H,6-7H2,1-5H3,(H,19,20). The minimum atomic E-state index is -0.0799. The van der Waals surface area contributed by atoms with E-state index in [4.69, 9.17) is 0 Å². The maximum Gasteiger partial charge on any atom is 0.233 e. The van der Waals surface area contributed by atoms with Crippen molar-refractivity contribution in [1.29, 1.82) is 0 Å². The molecule has 3 unspecified atom stereocenters. The zero-order valence-electron chi connectivity index (χ0n) is 13.8. The largest absolute Gasteiger partial charge is 0.353 e. The molecule has 1 rings (SSSR count). The first-order chi connectivity index (χ1) is 9.97. The van der Waals surface area contributed by atoms with Crippen LogP contribution >= 0.6 is 11.8 Å². The topological polar surface area (TPSA) is 41.1 Å². The summed E-state index contributed by atoms with van der Waals surface area (Å²) in [5, 5.41) is 6.37. The van der Waals surface area contributed by atoms with E-state index in [1.54, 1.807) is 11.8 Å². The van der Waals surface area contributed by atoms with Gasteiger partial charge < -0.3 is 10.6 Å². The van der Waals surface area contributed by atoms with Crippen molar-refractivity contribution in [2.24, 2.45) is 0 Å². The van der Waals surface area contributed by atoms with Gasteiger partial charge in [0.1, 0.15) is 0 Å². The molecule has 0 bridgehead atoms. The molecule has 0 aliphatic rings. The van der Waals surface area contributed by atoms with Gasteiger partial charge in [0.05, 0.1) is 5.25 Å². The van der Waals surface area contributed by atoms with Gasteiger partial charge in [0.25, 0.3) is 0 Å². The molecule has 0 saturated carbocycles. The lowest BCUT2D eigenvalue weighted by atomic mass is 10.1. The van der Waals surface area contributed by atoms with Crippen molar-refractivity contribution in [3.63, 3.8) is 0 Å². The summed E-state index contributed by atoms with van der Waals surface area (Å²) < 4.78 is 0. The summed E-state index contributed by atoms with van der Waals surface area (Å²) in [6, 6.07) is 9.00. The molecule has 0 aliphatic heterocycles. The highest BCUT2D eigenvalue weighted by Crippen LogP contribution is 2.26. The monoisotopic (exact) mass is 308 g/mol. The molecule has 3 atom stereocenters. The summed E-state index contributed by atoms with van der Waals surface area (Å²) in [5.74, 6) is 0.111. The van der Waals surface area contributed by atoms with E-state index in [9.17, 15) is 4.79 Å². The average molecular weight is 308 g/mol. The number of hydrogen-bond donors (Lipinski definition) is 2. The zero-order valence-corrected chi connectivity index (χ0v) is 14.6. The Morgan fingerprint density at radius 1 is 1.24 bits per heavy atom. The summed E-state index contributed by atoms with van der Waals surface area (Å²) in [6.45, 7) is 11.3. The maximum absolute atomic E-state index is 12.1. The zero-order chi connectivity index (χ0) is 15.8. The van der Waals surface area contributed by atoms with E-state index in [0.29, 0.717) is 6.04 Å². The third-order valence-electron chi connectivity index (χ3n) is 3.55. The van der Waals surface area contributed by atoms with E-state index < -0.39 is 0 Å². The predicted octanol–water partition coefficient (Wildman–Crippen LogP) is 3.75. The van der Waals surface area contributed by atoms with Crippen molar-refractivity contribution in [1.82, 2.24) is 10.6 Å². The number of thioether (sulfide) groups is 1. The van der Waals surface area contributed by atoms with Crippen LogP contribution in [0.15, 0.2) is 29.2 Å². The lowest BCUT2D eigenvalue weighted by Crippen LogP contribution is -2.37. The van der Waals surface area contributed by atoms with Crippen molar-refractivity contribution in [3.8, 4) is 0 Å². The van der Waals surface area contributed by atoms with Crippen LogP contribution in [0, 0.1) is 0 Å². The van der Waals surface area contributed by atoms with Crippen molar-refractivity contribution < 1.29 is 4.79 Å². The van der Waals surface area contributed by atoms with Gasteiger partial charge in [-0.3, -0.25) is 4.79 Å². The van der Waals surface area contributed by atoms with Gasteiger partial charge in [0.2, 0.25) is 5.91 Å². The van der Waals surface area contributed by atoms with Crippen LogP contribution in [0.1, 0.15) is 52.6 Å². The summed E-state index contributed by atoms with van der Waals surface area (Å²) in [6.07, 6.45) is 0.957. The molecule has 21 heavy (non-hydrogen) atoms. The third-order valence-corrected chi connectivity index (χ3v) is 4.65. The van der Waals surface area contributed by atoms with Gasteiger partial charge in [-0.15, -0.1) is 11.8 Å². The lowest BCUT2D eigenvalue weighted by molar-refractivity contribution is -0.120. The van der Waals surface area contributed by atoms with Crippen LogP contribution in [-0.4, -0.2) is 23.7 Å². The third kappa shape index (κ3) is 6.10. The first kappa shape index (κ1) is 18.1. The first-order valence-corrected chi connectivity index (χ1v) is 8.66. The molecule has 3 nitrogen and oxygen atoms in total. The second-order valence-electron chi connectivity index (χ2n) is 5.43. The highest BCUT2D eigenvalue weighted by molar-refractivity contribution is 8.00. The highest BCUT2D eigenvalue weighted by atomic mass is 32.2. The summed E-state index contributed by atoms with van der Waals surface area (Å²) in [5.41, 5.74) is 1.26. The summed E-state index contributed by atoms with van der Waals surface area (Å²) in [7, 11) is 0. The normalized spacial score (nSPS) is 15.3. The molecule has 1 amide bonds. The van der Waals surface area contributed by atoms with E-state index >= 15 is 0 Å². The Kier molecular flexibility index (Phi) is 7.83. The van der Waals surface area contributed by atoms with E-state index in [0.717, 1.165) is 17.9 Å². The molecule has 2 N–H and O–H groups in total. The fraction of sp³-hybridized carbons (Fsp3) is 0.588. The Hall–Kier alpha value is -1.00. The number of carbonyl (C=O) groups is 1. The molecule has 0 aliphatic carbocycles. The molecule has 1 aromatic rings. The molecular weight excluding hydrogens is 280 g/mol. The molecule has 118 valence electrons. The van der Waals surface area contributed by atoms with E-state index in [1.165, 1.54) is 5.56 Å². The summed E-state index contributed by atoms with van der Waals surface area (Å²) in [4.78, 5) is 13.2. The van der Waals surface area contributed by atoms with Crippen molar-refractivity contribution in [2.75, 3.05) is 6.54 Å². The molecule has 0 saturated heterocycles. The van der Waals surface area contributed by atoms with Gasteiger partial charge in [0, 0.05) is 17.0 Å². The molecule has 0 aromatic heterocycles. The molecular formula is C17H28N2OS. The number of carbonyl (C=O) groups excluding carboxylic acids is 1. The van der Waals surface area contributed by atoms with E-state index in [2.05, 4.69) is 55.7 Å². The Labute approximate surface area is 133 Å². The second kappa shape index (κ2) is 9.11. The van der Waals surface area contributed by atoms with Gasteiger partial charge in [0.15, 0.2) is 0 Å². The van der Waals surface area contributed by atoms with E-state index in [1.807, 2.05) is 13.8 Å². The molecule has 4 heteroatoms. The van der Waals surface area contributed by atoms with Gasteiger partial charge in [-0.05, 0) is 51.4 Å². The van der Waals surface area contributed by atoms with Crippen molar-refractivity contribution in [2.45, 2.75) is 63.3 Å². The quantitative estimate of drug-likeness (QED) is 0.719.